The number of carbonyl (C=O) groups is 2. The summed E-state index contributed by atoms with van der Waals surface area (Å²) in [5, 5.41) is 46.8. The van der Waals surface area contributed by atoms with Gasteiger partial charge in [-0.05, 0) is 88.2 Å². The van der Waals surface area contributed by atoms with E-state index in [-0.39, 0.29) is 34.2 Å². The van der Waals surface area contributed by atoms with Crippen LogP contribution < -0.4 is 10.2 Å². The lowest BCUT2D eigenvalue weighted by Crippen LogP contribution is -2.28. The third-order valence-corrected chi connectivity index (χ3v) is 9.48. The molecule has 6 rings (SSSR count). The zero-order valence-corrected chi connectivity index (χ0v) is 28.1. The fourth-order valence-corrected chi connectivity index (χ4v) is 6.41. The molecule has 0 saturated carbocycles. The summed E-state index contributed by atoms with van der Waals surface area (Å²) in [5.74, 6) is -2.24. The van der Waals surface area contributed by atoms with Crippen LogP contribution in [0.15, 0.2) is 85.1 Å². The second-order valence-electron chi connectivity index (χ2n) is 13.0. The van der Waals surface area contributed by atoms with Gasteiger partial charge in [-0.1, -0.05) is 80.0 Å². The number of piperidine rings is 2. The number of carboxylic acids is 2. The second-order valence-corrected chi connectivity index (χ2v) is 13.0. The highest BCUT2D eigenvalue weighted by molar-refractivity contribution is 6.02. The van der Waals surface area contributed by atoms with Gasteiger partial charge in [-0.2, -0.15) is 0 Å². The standard InChI is InChI=1S/C23H16O6.C17H29N2.H2O/c24-20-16(14-7-3-1-5-12(14)9-18(20)22(26)27)11-17-15-8-4-2-6-13(15)10-19(21(17)25)23(28)29;1-16-6-12-18(13-7-16)10-4-3-5-11-19-14-8-17(2)9-15-19;/h1-10,24-25H,11H2,(H,26,27)(H,28,29);3-5,10-11,16-17H,6-9,12-15H2,1-2H3;1H2/q;+1;/p-2. The highest BCUT2D eigenvalue weighted by Crippen LogP contribution is 2.37. The first-order chi connectivity index (χ1) is 23.1. The fourth-order valence-electron chi connectivity index (χ4n) is 6.41. The van der Waals surface area contributed by atoms with Crippen molar-refractivity contribution in [2.24, 2.45) is 11.8 Å². The lowest BCUT2D eigenvalue weighted by Gasteiger charge is -2.28. The molecule has 2 heterocycles. The highest BCUT2D eigenvalue weighted by atomic mass is 16.4. The van der Waals surface area contributed by atoms with Crippen molar-refractivity contribution < 1.29 is 40.1 Å². The van der Waals surface area contributed by atoms with Gasteiger partial charge < -0.3 is 30.8 Å². The average Bonchev–Trinajstić information content (AvgIpc) is 3.08. The van der Waals surface area contributed by atoms with Crippen LogP contribution in [-0.4, -0.2) is 69.5 Å². The Hall–Kier alpha value is -5.15. The van der Waals surface area contributed by atoms with E-state index in [0.717, 1.165) is 11.8 Å². The Bertz CT molecular complexity index is 1780. The molecule has 2 saturated heterocycles. The molecule has 0 aromatic heterocycles. The van der Waals surface area contributed by atoms with Crippen LogP contribution in [0.25, 0.3) is 21.5 Å². The maximum atomic E-state index is 12.9. The number of hydrogen-bond donors (Lipinski definition) is 2. The van der Waals surface area contributed by atoms with E-state index in [4.69, 9.17) is 0 Å². The minimum Gasteiger partial charge on any atom is -0.872 e. The molecule has 2 fully saturated rings. The van der Waals surface area contributed by atoms with Crippen molar-refractivity contribution in [2.45, 2.75) is 46.0 Å². The van der Waals surface area contributed by atoms with E-state index in [0.29, 0.717) is 21.5 Å². The van der Waals surface area contributed by atoms with Gasteiger partial charge in [-0.3, -0.25) is 0 Å². The summed E-state index contributed by atoms with van der Waals surface area (Å²) >= 11 is 0. The zero-order chi connectivity index (χ0) is 34.2. The Morgan fingerprint density at radius 3 is 1.71 bits per heavy atom. The molecular weight excluding hydrogens is 620 g/mol. The van der Waals surface area contributed by atoms with Crippen LogP contribution in [0.3, 0.4) is 0 Å². The van der Waals surface area contributed by atoms with E-state index >= 15 is 0 Å². The number of rotatable bonds is 7. The number of benzene rings is 4. The summed E-state index contributed by atoms with van der Waals surface area (Å²) in [7, 11) is 0. The van der Waals surface area contributed by atoms with E-state index in [2.05, 4.69) is 54.0 Å². The van der Waals surface area contributed by atoms with Gasteiger partial charge in [0.05, 0.1) is 11.1 Å². The third-order valence-electron chi connectivity index (χ3n) is 9.48. The predicted molar refractivity (Wildman–Crippen MR) is 190 cm³/mol. The second kappa shape index (κ2) is 16.8. The molecule has 9 nitrogen and oxygen atoms in total. The van der Waals surface area contributed by atoms with Crippen molar-refractivity contribution in [1.29, 1.82) is 0 Å². The minimum atomic E-state index is -1.35. The molecule has 2 aliphatic heterocycles. The third kappa shape index (κ3) is 9.06. The Labute approximate surface area is 287 Å². The van der Waals surface area contributed by atoms with Crippen LogP contribution in [0.4, 0.5) is 0 Å². The molecule has 0 spiro atoms. The molecule has 4 N–H and O–H groups in total. The number of carboxylic acid groups (broad SMARTS) is 2. The molecule has 0 radical (unpaired) electrons. The maximum absolute atomic E-state index is 12.9. The van der Waals surface area contributed by atoms with Gasteiger partial charge in [0.15, 0.2) is 6.21 Å². The first-order valence-electron chi connectivity index (χ1n) is 16.7. The van der Waals surface area contributed by atoms with Crippen LogP contribution in [0, 0.1) is 11.8 Å². The van der Waals surface area contributed by atoms with Crippen molar-refractivity contribution in [1.82, 2.24) is 4.90 Å². The molecule has 0 atom stereocenters. The monoisotopic (exact) mass is 665 g/mol. The Kier molecular flexibility index (Phi) is 12.6. The number of aromatic carboxylic acids is 2. The Balaban J connectivity index is 0.000000236. The molecule has 4 aromatic rings. The van der Waals surface area contributed by atoms with Crippen molar-refractivity contribution in [3.8, 4) is 11.5 Å². The molecule has 0 bridgehead atoms. The number of allylic oxidation sites excluding steroid dienone is 3. The van der Waals surface area contributed by atoms with Crippen LogP contribution in [0.5, 0.6) is 11.5 Å². The topological polar surface area (TPSA) is 158 Å². The summed E-state index contributed by atoms with van der Waals surface area (Å²) in [6.07, 6.45) is 16.2. The number of likely N-dealkylation sites (tertiary alicyclic amines) is 1. The Morgan fingerprint density at radius 2 is 1.22 bits per heavy atom. The normalized spacial score (nSPS) is 16.8. The molecule has 9 heteroatoms. The van der Waals surface area contributed by atoms with E-state index in [1.165, 1.54) is 64.0 Å². The lowest BCUT2D eigenvalue weighted by atomic mass is 9.90. The van der Waals surface area contributed by atoms with E-state index in [1.54, 1.807) is 48.5 Å². The minimum absolute atomic E-state index is 0. The molecule has 0 unspecified atom stereocenters. The summed E-state index contributed by atoms with van der Waals surface area (Å²) in [4.78, 5) is 25.5. The van der Waals surface area contributed by atoms with Gasteiger partial charge in [-0.15, -0.1) is 0 Å². The van der Waals surface area contributed by atoms with Gasteiger partial charge >= 0.3 is 11.9 Å². The van der Waals surface area contributed by atoms with Crippen molar-refractivity contribution in [3.05, 3.63) is 107 Å². The molecule has 49 heavy (non-hydrogen) atoms. The molecule has 2 aliphatic rings. The van der Waals surface area contributed by atoms with Gasteiger partial charge in [-0.25, -0.2) is 14.2 Å². The smallest absolute Gasteiger partial charge is 0.335 e. The number of nitrogens with zero attached hydrogens (tertiary/aromatic N) is 2. The average molecular weight is 666 g/mol. The van der Waals surface area contributed by atoms with Crippen LogP contribution in [0.2, 0.25) is 0 Å². The number of hydrogen-bond acceptors (Lipinski definition) is 5. The summed E-state index contributed by atoms with van der Waals surface area (Å²) < 4.78 is 2.44. The molecule has 258 valence electrons. The van der Waals surface area contributed by atoms with Gasteiger partial charge in [0.1, 0.15) is 13.1 Å². The predicted octanol–water partition coefficient (Wildman–Crippen LogP) is 5.60. The highest BCUT2D eigenvalue weighted by Gasteiger charge is 2.18. The van der Waals surface area contributed by atoms with Crippen LogP contribution in [-0.2, 0) is 6.42 Å². The van der Waals surface area contributed by atoms with Crippen molar-refractivity contribution >= 4 is 39.7 Å². The van der Waals surface area contributed by atoms with E-state index in [1.807, 2.05) is 0 Å². The quantitative estimate of drug-likeness (QED) is 0.192. The van der Waals surface area contributed by atoms with Crippen molar-refractivity contribution in [2.75, 3.05) is 26.2 Å². The van der Waals surface area contributed by atoms with Gasteiger partial charge in [0, 0.05) is 32.0 Å². The SMILES string of the molecule is CC1CCN(/C=C/C=C/C=[N+]2CCC(C)CC2)CC1.O.O=C(O)c1cc2ccccc2c(Cc2c([O-])c(C(=O)O)cc3ccccc23)c1[O-]. The first kappa shape index (κ1) is 36.7. The van der Waals surface area contributed by atoms with Crippen LogP contribution in [0.1, 0.15) is 71.4 Å². The van der Waals surface area contributed by atoms with Gasteiger partial charge in [0.25, 0.3) is 0 Å². The first-order valence-corrected chi connectivity index (χ1v) is 16.7. The molecular formula is C40H45N2O7-. The summed E-state index contributed by atoms with van der Waals surface area (Å²) in [6, 6.07) is 16.3. The molecule has 0 amide bonds. The summed E-state index contributed by atoms with van der Waals surface area (Å²) in [5.41, 5.74) is -0.453. The van der Waals surface area contributed by atoms with Gasteiger partial charge in [0.2, 0.25) is 0 Å². The van der Waals surface area contributed by atoms with Crippen LogP contribution >= 0.6 is 0 Å². The zero-order valence-electron chi connectivity index (χ0n) is 28.1. The molecule has 0 aliphatic carbocycles. The fraction of sp³-hybridized carbons (Fsp3) is 0.325. The maximum Gasteiger partial charge on any atom is 0.335 e. The summed E-state index contributed by atoms with van der Waals surface area (Å²) in [6.45, 7) is 9.60. The largest absolute Gasteiger partial charge is 0.872 e. The Morgan fingerprint density at radius 1 is 0.755 bits per heavy atom. The number of fused-ring (bicyclic) bond motifs is 2. The lowest BCUT2D eigenvalue weighted by molar-refractivity contribution is -0.535. The van der Waals surface area contributed by atoms with E-state index in [9.17, 15) is 30.0 Å². The molecule has 4 aromatic carbocycles. The van der Waals surface area contributed by atoms with E-state index < -0.39 is 23.4 Å². The van der Waals surface area contributed by atoms with Crippen molar-refractivity contribution in [3.63, 3.8) is 0 Å².